The first-order valence-corrected chi connectivity index (χ1v) is 5.64. The molecule has 0 spiro atoms. The van der Waals surface area contributed by atoms with E-state index in [0.717, 1.165) is 12.1 Å². The fraction of sp³-hybridized carbons (Fsp3) is 0.444. The molecule has 0 amide bonds. The number of pyridine rings is 1. The Hall–Kier alpha value is -0.0600. The zero-order valence-electron chi connectivity index (χ0n) is 7.77. The standard InChI is InChI=1S/C9H9Cl3N2O/c10-5-3-14-9(12)8(11)7(5)6-4-15-2-1-13-6/h3,6,13H,1-2,4H2/t6-/m1/s1. The predicted molar refractivity (Wildman–Crippen MR) is 60.8 cm³/mol. The van der Waals surface area contributed by atoms with Gasteiger partial charge in [0.25, 0.3) is 0 Å². The van der Waals surface area contributed by atoms with Gasteiger partial charge in [-0.2, -0.15) is 0 Å². The van der Waals surface area contributed by atoms with Gasteiger partial charge in [0.05, 0.1) is 29.3 Å². The molecule has 2 rings (SSSR count). The molecular formula is C9H9Cl3N2O. The van der Waals surface area contributed by atoms with Crippen LogP contribution in [0.2, 0.25) is 15.2 Å². The van der Waals surface area contributed by atoms with Crippen molar-refractivity contribution in [3.8, 4) is 0 Å². The van der Waals surface area contributed by atoms with Crippen LogP contribution in [0.25, 0.3) is 0 Å². The molecular weight excluding hydrogens is 258 g/mol. The highest BCUT2D eigenvalue weighted by Crippen LogP contribution is 2.34. The largest absolute Gasteiger partial charge is 0.378 e. The first-order chi connectivity index (χ1) is 7.20. The molecule has 0 radical (unpaired) electrons. The predicted octanol–water partition coefficient (Wildman–Crippen LogP) is 2.70. The van der Waals surface area contributed by atoms with Crippen molar-refractivity contribution in [2.24, 2.45) is 0 Å². The van der Waals surface area contributed by atoms with Crippen molar-refractivity contribution in [2.45, 2.75) is 6.04 Å². The molecule has 15 heavy (non-hydrogen) atoms. The highest BCUT2D eigenvalue weighted by molar-refractivity contribution is 6.43. The SMILES string of the molecule is Clc1cnc(Cl)c(Cl)c1[C@H]1COCCN1. The highest BCUT2D eigenvalue weighted by Gasteiger charge is 2.22. The highest BCUT2D eigenvalue weighted by atomic mass is 35.5. The van der Waals surface area contributed by atoms with Crippen LogP contribution >= 0.6 is 34.8 Å². The number of hydrogen-bond acceptors (Lipinski definition) is 3. The van der Waals surface area contributed by atoms with Gasteiger partial charge >= 0.3 is 0 Å². The van der Waals surface area contributed by atoms with Crippen LogP contribution < -0.4 is 5.32 Å². The first kappa shape index (κ1) is 11.4. The molecule has 2 heterocycles. The van der Waals surface area contributed by atoms with Gasteiger partial charge in [-0.1, -0.05) is 34.8 Å². The van der Waals surface area contributed by atoms with E-state index in [0.29, 0.717) is 23.3 Å². The number of ether oxygens (including phenoxy) is 1. The number of nitrogens with one attached hydrogen (secondary N) is 1. The van der Waals surface area contributed by atoms with Crippen molar-refractivity contribution in [3.05, 3.63) is 27.0 Å². The summed E-state index contributed by atoms with van der Waals surface area (Å²) in [5.41, 5.74) is 0.762. The minimum Gasteiger partial charge on any atom is -0.378 e. The van der Waals surface area contributed by atoms with Gasteiger partial charge in [0.2, 0.25) is 0 Å². The topological polar surface area (TPSA) is 34.1 Å². The van der Waals surface area contributed by atoms with Crippen LogP contribution in [0, 0.1) is 0 Å². The molecule has 1 aromatic rings. The minimum absolute atomic E-state index is 0.0146. The summed E-state index contributed by atoms with van der Waals surface area (Å²) in [6.45, 7) is 2.02. The van der Waals surface area contributed by atoms with E-state index in [9.17, 15) is 0 Å². The lowest BCUT2D eigenvalue weighted by molar-refractivity contribution is 0.0769. The summed E-state index contributed by atoms with van der Waals surface area (Å²) in [4.78, 5) is 3.87. The third kappa shape index (κ3) is 2.37. The normalized spacial score (nSPS) is 21.7. The molecule has 0 saturated carbocycles. The molecule has 0 aromatic carbocycles. The molecule has 1 aliphatic rings. The molecule has 0 aliphatic carbocycles. The summed E-state index contributed by atoms with van der Waals surface area (Å²) in [7, 11) is 0. The third-order valence-electron chi connectivity index (χ3n) is 2.24. The molecule has 1 fully saturated rings. The summed E-state index contributed by atoms with van der Waals surface area (Å²) >= 11 is 17.9. The molecule has 1 aliphatic heterocycles. The molecule has 1 saturated heterocycles. The van der Waals surface area contributed by atoms with Crippen molar-refractivity contribution in [3.63, 3.8) is 0 Å². The lowest BCUT2D eigenvalue weighted by atomic mass is 10.1. The van der Waals surface area contributed by atoms with E-state index in [4.69, 9.17) is 39.5 Å². The zero-order chi connectivity index (χ0) is 10.8. The monoisotopic (exact) mass is 266 g/mol. The van der Waals surface area contributed by atoms with E-state index in [1.807, 2.05) is 0 Å². The van der Waals surface area contributed by atoms with Gasteiger partial charge in [-0.3, -0.25) is 0 Å². The molecule has 1 aromatic heterocycles. The smallest absolute Gasteiger partial charge is 0.148 e. The molecule has 1 N–H and O–H groups in total. The van der Waals surface area contributed by atoms with E-state index in [1.54, 1.807) is 0 Å². The average Bonchev–Trinajstić information content (AvgIpc) is 2.26. The lowest BCUT2D eigenvalue weighted by Crippen LogP contribution is -2.35. The van der Waals surface area contributed by atoms with Gasteiger partial charge in [0, 0.05) is 18.3 Å². The van der Waals surface area contributed by atoms with Crippen molar-refractivity contribution < 1.29 is 4.74 Å². The molecule has 0 bridgehead atoms. The quantitative estimate of drug-likeness (QED) is 0.795. The summed E-state index contributed by atoms with van der Waals surface area (Å²) in [5.74, 6) is 0. The zero-order valence-corrected chi connectivity index (χ0v) is 10.0. The summed E-state index contributed by atoms with van der Waals surface area (Å²) in [6.07, 6.45) is 1.50. The van der Waals surface area contributed by atoms with E-state index in [-0.39, 0.29) is 11.2 Å². The molecule has 3 nitrogen and oxygen atoms in total. The number of nitrogens with zero attached hydrogens (tertiary/aromatic N) is 1. The van der Waals surface area contributed by atoms with Crippen LogP contribution in [-0.4, -0.2) is 24.7 Å². The Morgan fingerprint density at radius 3 is 2.87 bits per heavy atom. The second kappa shape index (κ2) is 4.85. The van der Waals surface area contributed by atoms with Crippen LogP contribution in [0.1, 0.15) is 11.6 Å². The Balaban J connectivity index is 2.36. The lowest BCUT2D eigenvalue weighted by Gasteiger charge is -2.25. The third-order valence-corrected chi connectivity index (χ3v) is 3.30. The van der Waals surface area contributed by atoms with Gasteiger partial charge in [0.1, 0.15) is 5.15 Å². The minimum atomic E-state index is -0.0146. The van der Waals surface area contributed by atoms with Crippen molar-refractivity contribution in [2.75, 3.05) is 19.8 Å². The molecule has 6 heteroatoms. The van der Waals surface area contributed by atoms with Crippen molar-refractivity contribution in [1.29, 1.82) is 0 Å². The summed E-state index contributed by atoms with van der Waals surface area (Å²) in [5, 5.41) is 4.43. The fourth-order valence-electron chi connectivity index (χ4n) is 1.53. The number of aromatic nitrogens is 1. The van der Waals surface area contributed by atoms with E-state index >= 15 is 0 Å². The summed E-state index contributed by atoms with van der Waals surface area (Å²) in [6, 6.07) is -0.0146. The maximum atomic E-state index is 6.06. The van der Waals surface area contributed by atoms with E-state index in [2.05, 4.69) is 10.3 Å². The molecule has 0 unspecified atom stereocenters. The van der Waals surface area contributed by atoms with E-state index in [1.165, 1.54) is 6.20 Å². The average molecular weight is 268 g/mol. The molecule has 1 atom stereocenters. The number of rotatable bonds is 1. The van der Waals surface area contributed by atoms with Crippen LogP contribution in [0.15, 0.2) is 6.20 Å². The number of hydrogen-bond donors (Lipinski definition) is 1. The van der Waals surface area contributed by atoms with Gasteiger partial charge in [-0.05, 0) is 0 Å². The maximum absolute atomic E-state index is 6.06. The van der Waals surface area contributed by atoms with Gasteiger partial charge in [-0.25, -0.2) is 4.98 Å². The van der Waals surface area contributed by atoms with Crippen LogP contribution in [0.4, 0.5) is 0 Å². The molecule has 82 valence electrons. The Morgan fingerprint density at radius 2 is 2.20 bits per heavy atom. The van der Waals surface area contributed by atoms with Crippen LogP contribution in [0.5, 0.6) is 0 Å². The first-order valence-electron chi connectivity index (χ1n) is 4.50. The van der Waals surface area contributed by atoms with Crippen LogP contribution in [0.3, 0.4) is 0 Å². The Morgan fingerprint density at radius 1 is 1.40 bits per heavy atom. The second-order valence-electron chi connectivity index (χ2n) is 3.21. The Labute approximate surface area is 103 Å². The fourth-order valence-corrected chi connectivity index (χ4v) is 2.28. The van der Waals surface area contributed by atoms with Crippen molar-refractivity contribution in [1.82, 2.24) is 10.3 Å². The summed E-state index contributed by atoms with van der Waals surface area (Å²) < 4.78 is 5.34. The van der Waals surface area contributed by atoms with E-state index < -0.39 is 0 Å². The number of halogens is 3. The second-order valence-corrected chi connectivity index (χ2v) is 4.35. The Kier molecular flexibility index (Phi) is 3.69. The van der Waals surface area contributed by atoms with Crippen LogP contribution in [-0.2, 0) is 4.74 Å². The maximum Gasteiger partial charge on any atom is 0.148 e. The van der Waals surface area contributed by atoms with Gasteiger partial charge in [-0.15, -0.1) is 0 Å². The van der Waals surface area contributed by atoms with Gasteiger partial charge < -0.3 is 10.1 Å². The number of morpholine rings is 1. The Bertz CT molecular complexity index is 367. The van der Waals surface area contributed by atoms with Crippen molar-refractivity contribution >= 4 is 34.8 Å². The van der Waals surface area contributed by atoms with Gasteiger partial charge in [0.15, 0.2) is 0 Å².